The van der Waals surface area contributed by atoms with E-state index in [0.29, 0.717) is 15.0 Å². The fourth-order valence-electron chi connectivity index (χ4n) is 4.61. The predicted octanol–water partition coefficient (Wildman–Crippen LogP) is -1.12. The maximum absolute atomic E-state index is 14.9. The Bertz CT molecular complexity index is 2240. The maximum atomic E-state index is 14.9. The Hall–Kier alpha value is -6.10. The van der Waals surface area contributed by atoms with Gasteiger partial charge in [-0.2, -0.15) is 4.73 Å². The number of carboxylic acids is 1. The van der Waals surface area contributed by atoms with Crippen LogP contribution in [0.2, 0.25) is 0 Å². The van der Waals surface area contributed by atoms with E-state index in [0.717, 1.165) is 64.3 Å². The molecule has 0 saturated carbocycles. The number of sulfonamides is 1. The first kappa shape index (κ1) is 31.3. The Kier molecular flexibility index (Phi) is 8.25. The molecule has 3 aromatic heterocycles. The second kappa shape index (κ2) is 12.1. The summed E-state index contributed by atoms with van der Waals surface area (Å²) in [6.45, 7) is 0. The highest BCUT2D eigenvalue weighted by atomic mass is 32.2. The number of amides is 1. The molecule has 0 aliphatic carbocycles. The van der Waals surface area contributed by atoms with Crippen LogP contribution in [0.3, 0.4) is 0 Å². The van der Waals surface area contributed by atoms with Crippen LogP contribution in [0.4, 0.5) is 10.1 Å². The Balaban J connectivity index is 1.32. The second-order valence-corrected chi connectivity index (χ2v) is 11.7. The fraction of sp³-hybridized carbons (Fsp3) is 0.103. The SMILES string of the molecule is Cn1c(=O)n(-c2ccc(C[C@H](NC(=O)c3ccc(NS(=O)(=O)c4cc[n+](O)cc4)cc3F)C(=O)[O-])cc2)c(=O)c2cc[n+]([O-])cc21. The first-order chi connectivity index (χ1) is 21.7. The lowest BCUT2D eigenvalue weighted by atomic mass is 10.0. The molecule has 5 rings (SSSR count). The van der Waals surface area contributed by atoms with Crippen LogP contribution < -0.4 is 35.9 Å². The summed E-state index contributed by atoms with van der Waals surface area (Å²) in [5.41, 5.74) is -1.54. The number of rotatable bonds is 9. The van der Waals surface area contributed by atoms with Crippen LogP contribution in [-0.2, 0) is 28.3 Å². The topological polar surface area (TPSA) is 210 Å². The Morgan fingerprint density at radius 2 is 1.70 bits per heavy atom. The average molecular weight is 651 g/mol. The van der Waals surface area contributed by atoms with Crippen molar-refractivity contribution in [2.45, 2.75) is 17.4 Å². The monoisotopic (exact) mass is 650 g/mol. The number of carboxylic acid groups (broad SMARTS) is 1. The summed E-state index contributed by atoms with van der Waals surface area (Å²) in [6, 6.07) is 10.3. The van der Waals surface area contributed by atoms with Gasteiger partial charge < -0.3 is 20.4 Å². The molecule has 17 heteroatoms. The number of carbonyl (C=O) groups excluding carboxylic acids is 2. The van der Waals surface area contributed by atoms with E-state index in [9.17, 15) is 47.5 Å². The number of hydrogen-bond donors (Lipinski definition) is 3. The molecule has 0 aliphatic heterocycles. The third kappa shape index (κ3) is 6.25. The van der Waals surface area contributed by atoms with Gasteiger partial charge in [0.05, 0.1) is 39.2 Å². The van der Waals surface area contributed by atoms with E-state index in [1.165, 1.54) is 37.4 Å². The van der Waals surface area contributed by atoms with Gasteiger partial charge in [0, 0.05) is 30.0 Å². The first-order valence-corrected chi connectivity index (χ1v) is 14.7. The number of pyridine rings is 2. The van der Waals surface area contributed by atoms with Crippen molar-refractivity contribution in [3.63, 3.8) is 0 Å². The fourth-order valence-corrected chi connectivity index (χ4v) is 5.64. The number of aryl methyl sites for hydroxylation is 1. The molecule has 2 aromatic carbocycles. The van der Waals surface area contributed by atoms with Gasteiger partial charge in [-0.3, -0.25) is 24.1 Å². The quantitative estimate of drug-likeness (QED) is 0.100. The van der Waals surface area contributed by atoms with Crippen LogP contribution in [0.15, 0.2) is 99.9 Å². The van der Waals surface area contributed by atoms with E-state index in [1.807, 2.05) is 0 Å². The first-order valence-electron chi connectivity index (χ1n) is 13.2. The summed E-state index contributed by atoms with van der Waals surface area (Å²) in [4.78, 5) is 50.4. The van der Waals surface area contributed by atoms with E-state index < -0.39 is 50.6 Å². The largest absolute Gasteiger partial charge is 0.619 e. The van der Waals surface area contributed by atoms with Crippen LogP contribution in [0.1, 0.15) is 15.9 Å². The van der Waals surface area contributed by atoms with Gasteiger partial charge in [0.2, 0.25) is 18.6 Å². The molecule has 0 radical (unpaired) electrons. The second-order valence-electron chi connectivity index (χ2n) is 10.0. The minimum Gasteiger partial charge on any atom is -0.619 e. The van der Waals surface area contributed by atoms with E-state index in [2.05, 4.69) is 10.0 Å². The van der Waals surface area contributed by atoms with E-state index in [4.69, 9.17) is 0 Å². The molecule has 1 atom stereocenters. The van der Waals surface area contributed by atoms with Crippen LogP contribution >= 0.6 is 0 Å². The van der Waals surface area contributed by atoms with Crippen LogP contribution in [0, 0.1) is 11.0 Å². The molecule has 5 aromatic rings. The Labute approximate surface area is 258 Å². The van der Waals surface area contributed by atoms with Crippen LogP contribution in [-0.4, -0.2) is 40.7 Å². The molecule has 1 amide bonds. The normalized spacial score (nSPS) is 12.0. The van der Waals surface area contributed by atoms with Gasteiger partial charge >= 0.3 is 5.69 Å². The van der Waals surface area contributed by atoms with Gasteiger partial charge in [-0.15, -0.1) is 0 Å². The Morgan fingerprint density at radius 1 is 1.02 bits per heavy atom. The predicted molar refractivity (Wildman–Crippen MR) is 155 cm³/mol. The molecule has 46 heavy (non-hydrogen) atoms. The molecule has 3 N–H and O–H groups in total. The third-order valence-electron chi connectivity index (χ3n) is 6.97. The number of aliphatic carboxylic acids is 1. The van der Waals surface area contributed by atoms with E-state index >= 15 is 0 Å². The number of halogens is 1. The van der Waals surface area contributed by atoms with Gasteiger partial charge in [0.15, 0.2) is 6.20 Å². The van der Waals surface area contributed by atoms with Crippen molar-refractivity contribution in [1.29, 1.82) is 0 Å². The van der Waals surface area contributed by atoms with Crippen molar-refractivity contribution in [1.82, 2.24) is 14.5 Å². The number of hydrogen-bond acceptors (Lipinski definition) is 9. The number of nitrogens with one attached hydrogen (secondary N) is 2. The number of carbonyl (C=O) groups is 2. The van der Waals surface area contributed by atoms with Crippen molar-refractivity contribution in [3.8, 4) is 5.69 Å². The van der Waals surface area contributed by atoms with E-state index in [-0.39, 0.29) is 33.6 Å². The summed E-state index contributed by atoms with van der Waals surface area (Å²) < 4.78 is 45.2. The molecule has 15 nitrogen and oxygen atoms in total. The minimum atomic E-state index is -4.16. The molecule has 0 fully saturated rings. The maximum Gasteiger partial charge on any atom is 0.336 e. The van der Waals surface area contributed by atoms with Gasteiger partial charge in [0.25, 0.3) is 21.5 Å². The number of nitrogens with zero attached hydrogens (tertiary/aromatic N) is 4. The zero-order chi connectivity index (χ0) is 33.3. The summed E-state index contributed by atoms with van der Waals surface area (Å²) >= 11 is 0. The van der Waals surface area contributed by atoms with E-state index in [1.54, 1.807) is 0 Å². The van der Waals surface area contributed by atoms with Gasteiger partial charge in [-0.05, 0) is 42.3 Å². The zero-order valence-electron chi connectivity index (χ0n) is 23.7. The number of benzene rings is 2. The lowest BCUT2D eigenvalue weighted by Crippen LogP contribution is -2.49. The highest BCUT2D eigenvalue weighted by Crippen LogP contribution is 2.19. The summed E-state index contributed by atoms with van der Waals surface area (Å²) in [5, 5.41) is 35.1. The summed E-state index contributed by atoms with van der Waals surface area (Å²) in [7, 11) is -2.76. The molecule has 0 aliphatic rings. The smallest absolute Gasteiger partial charge is 0.336 e. The van der Waals surface area contributed by atoms with Crippen molar-refractivity contribution < 1.29 is 42.2 Å². The number of anilines is 1. The molecule has 3 heterocycles. The van der Waals surface area contributed by atoms with Crippen LogP contribution in [0.5, 0.6) is 0 Å². The molecule has 0 spiro atoms. The minimum absolute atomic E-state index is 0.118. The lowest BCUT2D eigenvalue weighted by molar-refractivity contribution is -0.905. The lowest BCUT2D eigenvalue weighted by Gasteiger charge is -2.20. The standard InChI is InChI=1S/C29H23FN6O9S/c1-33-25-16-35(43)13-10-22(25)27(38)36(29(33)41)19-5-2-17(3-6-19)14-24(28(39)40)31-26(37)21-7-4-18(15-23(21)30)32-46(44,45)20-8-11-34(42)12-9-20/h2-13,15-16,24H,14H2,1H3,(H3-,31,32,37,39,40,42)/t24-/m0/s1. The number of aromatic nitrogens is 4. The molecular weight excluding hydrogens is 627 g/mol. The molecule has 236 valence electrons. The third-order valence-corrected chi connectivity index (χ3v) is 8.37. The van der Waals surface area contributed by atoms with Gasteiger partial charge in [-0.1, -0.05) is 12.1 Å². The highest BCUT2D eigenvalue weighted by molar-refractivity contribution is 7.92. The molecule has 0 saturated heterocycles. The molecule has 0 bridgehead atoms. The van der Waals surface area contributed by atoms with Crippen molar-refractivity contribution >= 4 is 38.5 Å². The molecular formula is C29H23FN6O9S. The van der Waals surface area contributed by atoms with Crippen LogP contribution in [0.25, 0.3) is 16.6 Å². The van der Waals surface area contributed by atoms with Gasteiger partial charge in [0.1, 0.15) is 11.3 Å². The van der Waals surface area contributed by atoms with Crippen molar-refractivity contribution in [3.05, 3.63) is 128 Å². The van der Waals surface area contributed by atoms with Crippen molar-refractivity contribution in [2.75, 3.05) is 4.72 Å². The van der Waals surface area contributed by atoms with Gasteiger partial charge in [-0.25, -0.2) is 22.2 Å². The molecule has 0 unspecified atom stereocenters. The highest BCUT2D eigenvalue weighted by Gasteiger charge is 2.21. The summed E-state index contributed by atoms with van der Waals surface area (Å²) in [5.74, 6) is -3.93. The zero-order valence-corrected chi connectivity index (χ0v) is 24.5. The van der Waals surface area contributed by atoms with Crippen molar-refractivity contribution in [2.24, 2.45) is 7.05 Å². The average Bonchev–Trinajstić information content (AvgIpc) is 3.00. The Morgan fingerprint density at radius 3 is 2.33 bits per heavy atom. The summed E-state index contributed by atoms with van der Waals surface area (Å²) in [6.07, 6.45) is 4.05. The number of fused-ring (bicyclic) bond motifs is 1.